The van der Waals surface area contributed by atoms with Gasteiger partial charge in [0, 0.05) is 42.5 Å². The zero-order chi connectivity index (χ0) is 8.85. The molecule has 0 unspecified atom stereocenters. The standard InChI is InChI=1S/C8H19IN2/c1-8(2)7-11(9)6-5-10(3)4/h8H,5-7H2,1-4H3. The highest BCUT2D eigenvalue weighted by Gasteiger charge is 2.02. The van der Waals surface area contributed by atoms with E-state index in [9.17, 15) is 0 Å². The van der Waals surface area contributed by atoms with Crippen LogP contribution in [0.3, 0.4) is 0 Å². The third-order valence-corrected chi connectivity index (χ3v) is 2.23. The Balaban J connectivity index is 3.29. The van der Waals surface area contributed by atoms with Crippen molar-refractivity contribution in [2.24, 2.45) is 5.92 Å². The summed E-state index contributed by atoms with van der Waals surface area (Å²) in [4.78, 5) is 2.21. The van der Waals surface area contributed by atoms with Gasteiger partial charge >= 0.3 is 0 Å². The molecule has 0 aromatic rings. The second kappa shape index (κ2) is 6.20. The molecule has 68 valence electrons. The van der Waals surface area contributed by atoms with E-state index in [-0.39, 0.29) is 0 Å². The first-order valence-corrected chi connectivity index (χ1v) is 5.04. The van der Waals surface area contributed by atoms with Gasteiger partial charge in [0.2, 0.25) is 0 Å². The molecule has 0 heterocycles. The number of likely N-dealkylation sites (N-methyl/N-ethyl adjacent to an activating group) is 1. The maximum atomic E-state index is 2.40. The summed E-state index contributed by atoms with van der Waals surface area (Å²) in [5.41, 5.74) is 0. The second-order valence-corrected chi connectivity index (χ2v) is 4.93. The fraction of sp³-hybridized carbons (Fsp3) is 1.00. The minimum Gasteiger partial charge on any atom is -0.308 e. The highest BCUT2D eigenvalue weighted by atomic mass is 127. The van der Waals surface area contributed by atoms with Gasteiger partial charge in [-0.05, 0) is 20.0 Å². The van der Waals surface area contributed by atoms with Gasteiger partial charge in [-0.25, -0.2) is 3.11 Å². The van der Waals surface area contributed by atoms with Gasteiger partial charge in [0.05, 0.1) is 0 Å². The lowest BCUT2D eigenvalue weighted by molar-refractivity contribution is 0.347. The Morgan fingerprint density at radius 1 is 1.18 bits per heavy atom. The van der Waals surface area contributed by atoms with E-state index in [1.807, 2.05) is 0 Å². The molecule has 0 amide bonds. The Morgan fingerprint density at radius 2 is 1.73 bits per heavy atom. The van der Waals surface area contributed by atoms with Crippen molar-refractivity contribution in [3.63, 3.8) is 0 Å². The largest absolute Gasteiger partial charge is 0.308 e. The molecule has 2 nitrogen and oxygen atoms in total. The Kier molecular flexibility index (Phi) is 6.56. The SMILES string of the molecule is CC(C)CN(I)CCN(C)C. The number of hydrogen-bond donors (Lipinski definition) is 0. The van der Waals surface area contributed by atoms with Crippen LogP contribution < -0.4 is 0 Å². The number of halogens is 1. The third-order valence-electron chi connectivity index (χ3n) is 1.35. The van der Waals surface area contributed by atoms with Crippen molar-refractivity contribution in [2.45, 2.75) is 13.8 Å². The summed E-state index contributed by atoms with van der Waals surface area (Å²) in [6.07, 6.45) is 0. The van der Waals surface area contributed by atoms with E-state index in [0.29, 0.717) is 0 Å². The molecule has 0 aliphatic heterocycles. The third kappa shape index (κ3) is 8.56. The average molecular weight is 270 g/mol. The van der Waals surface area contributed by atoms with Gasteiger partial charge in [-0.3, -0.25) is 0 Å². The molecule has 0 saturated carbocycles. The van der Waals surface area contributed by atoms with Crippen molar-refractivity contribution in [3.05, 3.63) is 0 Å². The van der Waals surface area contributed by atoms with E-state index >= 15 is 0 Å². The Hall–Kier alpha value is 0.650. The van der Waals surface area contributed by atoms with Crippen LogP contribution in [0.25, 0.3) is 0 Å². The molecule has 11 heavy (non-hydrogen) atoms. The first-order valence-electron chi connectivity index (χ1n) is 4.08. The van der Waals surface area contributed by atoms with E-state index in [4.69, 9.17) is 0 Å². The van der Waals surface area contributed by atoms with Crippen LogP contribution in [0, 0.1) is 5.92 Å². The lowest BCUT2D eigenvalue weighted by Gasteiger charge is -2.18. The molecule has 0 aliphatic rings. The van der Waals surface area contributed by atoms with Gasteiger partial charge in [-0.1, -0.05) is 13.8 Å². The van der Waals surface area contributed by atoms with Crippen LogP contribution in [0.5, 0.6) is 0 Å². The van der Waals surface area contributed by atoms with Gasteiger partial charge in [0.1, 0.15) is 0 Å². The van der Waals surface area contributed by atoms with E-state index in [0.717, 1.165) is 19.0 Å². The number of hydrogen-bond acceptors (Lipinski definition) is 2. The topological polar surface area (TPSA) is 6.48 Å². The highest BCUT2D eigenvalue weighted by molar-refractivity contribution is 14.1. The van der Waals surface area contributed by atoms with Crippen LogP contribution in [0.2, 0.25) is 0 Å². The van der Waals surface area contributed by atoms with Crippen molar-refractivity contribution in [1.29, 1.82) is 0 Å². The fourth-order valence-corrected chi connectivity index (χ4v) is 1.80. The smallest absolute Gasteiger partial charge is 0.0209 e. The average Bonchev–Trinajstić information content (AvgIpc) is 1.82. The molecule has 0 aromatic carbocycles. The van der Waals surface area contributed by atoms with E-state index in [2.05, 4.69) is 58.8 Å². The molecular weight excluding hydrogens is 251 g/mol. The molecule has 0 saturated heterocycles. The first-order chi connectivity index (χ1) is 5.02. The zero-order valence-corrected chi connectivity index (χ0v) is 10.1. The normalized spacial score (nSPS) is 12.0. The quantitative estimate of drug-likeness (QED) is 0.555. The van der Waals surface area contributed by atoms with Crippen LogP contribution in [0.15, 0.2) is 0 Å². The predicted molar refractivity (Wildman–Crippen MR) is 59.0 cm³/mol. The van der Waals surface area contributed by atoms with Crippen molar-refractivity contribution in [1.82, 2.24) is 8.01 Å². The molecular formula is C8H19IN2. The predicted octanol–water partition coefficient (Wildman–Crippen LogP) is 1.86. The van der Waals surface area contributed by atoms with Gasteiger partial charge < -0.3 is 4.90 Å². The Labute approximate surface area is 84.4 Å². The summed E-state index contributed by atoms with van der Waals surface area (Å²) in [6.45, 7) is 8.00. The molecule has 0 spiro atoms. The summed E-state index contributed by atoms with van der Waals surface area (Å²) in [5, 5.41) is 0. The van der Waals surface area contributed by atoms with E-state index in [1.54, 1.807) is 0 Å². The Morgan fingerprint density at radius 3 is 2.09 bits per heavy atom. The molecule has 0 aromatic heterocycles. The van der Waals surface area contributed by atoms with Crippen LogP contribution in [-0.2, 0) is 0 Å². The van der Waals surface area contributed by atoms with Crippen LogP contribution in [0.4, 0.5) is 0 Å². The summed E-state index contributed by atoms with van der Waals surface area (Å²) in [7, 11) is 4.22. The molecule has 0 N–H and O–H groups in total. The van der Waals surface area contributed by atoms with E-state index < -0.39 is 0 Å². The van der Waals surface area contributed by atoms with Crippen molar-refractivity contribution in [3.8, 4) is 0 Å². The Bertz CT molecular complexity index is 94.1. The summed E-state index contributed by atoms with van der Waals surface area (Å²) >= 11 is 2.40. The molecule has 0 rings (SSSR count). The highest BCUT2D eigenvalue weighted by Crippen LogP contribution is 2.03. The molecule has 0 atom stereocenters. The fourth-order valence-electron chi connectivity index (χ4n) is 0.796. The lowest BCUT2D eigenvalue weighted by atomic mass is 10.2. The van der Waals surface area contributed by atoms with Gasteiger partial charge in [-0.15, -0.1) is 0 Å². The maximum Gasteiger partial charge on any atom is 0.0209 e. The van der Waals surface area contributed by atoms with Gasteiger partial charge in [-0.2, -0.15) is 0 Å². The van der Waals surface area contributed by atoms with Crippen LogP contribution >= 0.6 is 22.9 Å². The molecule has 0 bridgehead atoms. The van der Waals surface area contributed by atoms with Gasteiger partial charge in [0.15, 0.2) is 0 Å². The minimum absolute atomic E-state index is 0.772. The summed E-state index contributed by atoms with van der Waals surface area (Å²) in [6, 6.07) is 0. The maximum absolute atomic E-state index is 2.40. The van der Waals surface area contributed by atoms with Crippen LogP contribution in [0.1, 0.15) is 13.8 Å². The van der Waals surface area contributed by atoms with E-state index in [1.165, 1.54) is 6.54 Å². The second-order valence-electron chi connectivity index (χ2n) is 3.57. The van der Waals surface area contributed by atoms with Crippen molar-refractivity contribution < 1.29 is 0 Å². The molecule has 0 aliphatic carbocycles. The zero-order valence-electron chi connectivity index (χ0n) is 7.97. The van der Waals surface area contributed by atoms with Gasteiger partial charge in [0.25, 0.3) is 0 Å². The number of rotatable bonds is 5. The summed E-state index contributed by atoms with van der Waals surface area (Å²) < 4.78 is 2.35. The summed E-state index contributed by atoms with van der Waals surface area (Å²) in [5.74, 6) is 0.772. The first kappa shape index (κ1) is 11.6. The molecule has 3 heteroatoms. The molecule has 0 fully saturated rings. The minimum atomic E-state index is 0.772. The van der Waals surface area contributed by atoms with Crippen LogP contribution in [-0.4, -0.2) is 41.7 Å². The lowest BCUT2D eigenvalue weighted by Crippen LogP contribution is -2.27. The van der Waals surface area contributed by atoms with Crippen molar-refractivity contribution in [2.75, 3.05) is 33.7 Å². The van der Waals surface area contributed by atoms with Crippen molar-refractivity contribution >= 4 is 22.9 Å². The number of nitrogens with zero attached hydrogens (tertiary/aromatic N) is 2. The molecule has 0 radical (unpaired) electrons. The monoisotopic (exact) mass is 270 g/mol.